The van der Waals surface area contributed by atoms with Crippen molar-refractivity contribution in [1.82, 2.24) is 4.98 Å². The van der Waals surface area contributed by atoms with Crippen molar-refractivity contribution in [2.75, 3.05) is 36.0 Å². The standard InChI is InChI=1S/C15H15BrClN3/c16-14-5-2-6-15(18-14)20-9-7-19(8-10-20)13-4-1-3-12(17)11-13/h1-6,11H,7-10H2. The van der Waals surface area contributed by atoms with Gasteiger partial charge in [0.2, 0.25) is 0 Å². The Morgan fingerprint density at radius 3 is 2.35 bits per heavy atom. The predicted octanol–water partition coefficient (Wildman–Crippen LogP) is 3.82. The molecular weight excluding hydrogens is 338 g/mol. The van der Waals surface area contributed by atoms with Gasteiger partial charge in [-0.05, 0) is 46.3 Å². The smallest absolute Gasteiger partial charge is 0.129 e. The lowest BCUT2D eigenvalue weighted by atomic mass is 10.2. The first-order valence-electron chi connectivity index (χ1n) is 6.60. The fourth-order valence-electron chi connectivity index (χ4n) is 2.44. The van der Waals surface area contributed by atoms with Gasteiger partial charge in [-0.1, -0.05) is 23.7 Å². The molecule has 0 N–H and O–H groups in total. The van der Waals surface area contributed by atoms with Gasteiger partial charge in [0.1, 0.15) is 10.4 Å². The number of halogens is 2. The van der Waals surface area contributed by atoms with Crippen LogP contribution in [0.4, 0.5) is 11.5 Å². The van der Waals surface area contributed by atoms with Crippen LogP contribution in [-0.4, -0.2) is 31.2 Å². The Labute approximate surface area is 132 Å². The number of piperazine rings is 1. The lowest BCUT2D eigenvalue weighted by molar-refractivity contribution is 0.647. The van der Waals surface area contributed by atoms with Crippen molar-refractivity contribution in [3.8, 4) is 0 Å². The Morgan fingerprint density at radius 2 is 1.65 bits per heavy atom. The average Bonchev–Trinajstić information content (AvgIpc) is 2.47. The van der Waals surface area contributed by atoms with Gasteiger partial charge in [0.15, 0.2) is 0 Å². The molecule has 2 aromatic rings. The van der Waals surface area contributed by atoms with E-state index in [9.17, 15) is 0 Å². The van der Waals surface area contributed by atoms with Crippen molar-refractivity contribution in [3.05, 3.63) is 52.1 Å². The van der Waals surface area contributed by atoms with E-state index in [1.807, 2.05) is 30.3 Å². The van der Waals surface area contributed by atoms with Crippen LogP contribution in [0, 0.1) is 0 Å². The highest BCUT2D eigenvalue weighted by Crippen LogP contribution is 2.22. The summed E-state index contributed by atoms with van der Waals surface area (Å²) in [6, 6.07) is 14.1. The normalized spacial score (nSPS) is 15.5. The lowest BCUT2D eigenvalue weighted by Gasteiger charge is -2.36. The number of anilines is 2. The SMILES string of the molecule is Clc1cccc(N2CCN(c3cccc(Br)n3)CC2)c1. The molecule has 1 aromatic heterocycles. The predicted molar refractivity (Wildman–Crippen MR) is 87.8 cm³/mol. The van der Waals surface area contributed by atoms with Crippen LogP contribution in [0.15, 0.2) is 47.1 Å². The molecule has 0 radical (unpaired) electrons. The monoisotopic (exact) mass is 351 g/mol. The molecule has 3 rings (SSSR count). The first kappa shape index (κ1) is 13.7. The summed E-state index contributed by atoms with van der Waals surface area (Å²) in [6.07, 6.45) is 0. The van der Waals surface area contributed by atoms with E-state index < -0.39 is 0 Å². The van der Waals surface area contributed by atoms with Crippen LogP contribution in [0.5, 0.6) is 0 Å². The van der Waals surface area contributed by atoms with E-state index in [0.717, 1.165) is 41.6 Å². The maximum absolute atomic E-state index is 6.05. The zero-order chi connectivity index (χ0) is 13.9. The summed E-state index contributed by atoms with van der Waals surface area (Å²) in [5.74, 6) is 1.03. The third-order valence-electron chi connectivity index (χ3n) is 3.48. The van der Waals surface area contributed by atoms with Gasteiger partial charge in [-0.2, -0.15) is 0 Å². The summed E-state index contributed by atoms with van der Waals surface area (Å²) < 4.78 is 0.882. The van der Waals surface area contributed by atoms with E-state index in [-0.39, 0.29) is 0 Å². The van der Waals surface area contributed by atoms with Crippen molar-refractivity contribution < 1.29 is 0 Å². The summed E-state index contributed by atoms with van der Waals surface area (Å²) >= 11 is 9.48. The molecule has 2 heterocycles. The van der Waals surface area contributed by atoms with Gasteiger partial charge in [0.25, 0.3) is 0 Å². The Kier molecular flexibility index (Phi) is 4.13. The number of hydrogen-bond acceptors (Lipinski definition) is 3. The molecular formula is C15H15BrClN3. The molecule has 0 aliphatic carbocycles. The molecule has 1 saturated heterocycles. The largest absolute Gasteiger partial charge is 0.368 e. The highest BCUT2D eigenvalue weighted by Gasteiger charge is 2.18. The number of pyridine rings is 1. The van der Waals surface area contributed by atoms with Crippen molar-refractivity contribution in [3.63, 3.8) is 0 Å². The second-order valence-electron chi connectivity index (χ2n) is 4.77. The van der Waals surface area contributed by atoms with E-state index in [0.29, 0.717) is 0 Å². The molecule has 20 heavy (non-hydrogen) atoms. The Morgan fingerprint density at radius 1 is 0.950 bits per heavy atom. The number of hydrogen-bond donors (Lipinski definition) is 0. The second kappa shape index (κ2) is 6.02. The fraction of sp³-hybridized carbons (Fsp3) is 0.267. The molecule has 3 nitrogen and oxygen atoms in total. The quantitative estimate of drug-likeness (QED) is 0.766. The van der Waals surface area contributed by atoms with E-state index in [1.165, 1.54) is 5.69 Å². The highest BCUT2D eigenvalue weighted by atomic mass is 79.9. The highest BCUT2D eigenvalue weighted by molar-refractivity contribution is 9.10. The third kappa shape index (κ3) is 3.07. The molecule has 0 saturated carbocycles. The van der Waals surface area contributed by atoms with Gasteiger partial charge in [-0.3, -0.25) is 0 Å². The Bertz CT molecular complexity index is 544. The molecule has 1 aliphatic rings. The first-order valence-corrected chi connectivity index (χ1v) is 7.77. The molecule has 0 bridgehead atoms. The molecule has 0 spiro atoms. The molecule has 1 fully saturated rings. The second-order valence-corrected chi connectivity index (χ2v) is 6.02. The molecule has 0 atom stereocenters. The number of rotatable bonds is 2. The van der Waals surface area contributed by atoms with Gasteiger partial charge in [0.05, 0.1) is 0 Å². The Hall–Kier alpha value is -1.26. The molecule has 104 valence electrons. The average molecular weight is 353 g/mol. The molecule has 0 unspecified atom stereocenters. The van der Waals surface area contributed by atoms with Crippen molar-refractivity contribution in [2.24, 2.45) is 0 Å². The van der Waals surface area contributed by atoms with E-state index in [2.05, 4.69) is 42.8 Å². The van der Waals surface area contributed by atoms with E-state index in [4.69, 9.17) is 11.6 Å². The topological polar surface area (TPSA) is 19.4 Å². The molecule has 1 aliphatic heterocycles. The minimum atomic E-state index is 0.790. The van der Waals surface area contributed by atoms with Crippen LogP contribution in [0.3, 0.4) is 0 Å². The zero-order valence-electron chi connectivity index (χ0n) is 11.0. The van der Waals surface area contributed by atoms with Crippen LogP contribution >= 0.6 is 27.5 Å². The van der Waals surface area contributed by atoms with Crippen LogP contribution in [-0.2, 0) is 0 Å². The number of benzene rings is 1. The summed E-state index contributed by atoms with van der Waals surface area (Å²) in [4.78, 5) is 9.18. The first-order chi connectivity index (χ1) is 9.72. The number of nitrogens with zero attached hydrogens (tertiary/aromatic N) is 3. The van der Waals surface area contributed by atoms with Gasteiger partial charge in [-0.25, -0.2) is 4.98 Å². The van der Waals surface area contributed by atoms with Crippen LogP contribution in [0.2, 0.25) is 5.02 Å². The lowest BCUT2D eigenvalue weighted by Crippen LogP contribution is -2.46. The van der Waals surface area contributed by atoms with Gasteiger partial charge >= 0.3 is 0 Å². The molecule has 0 amide bonds. The number of aromatic nitrogens is 1. The Balaban J connectivity index is 1.68. The van der Waals surface area contributed by atoms with Crippen LogP contribution < -0.4 is 9.80 Å². The summed E-state index contributed by atoms with van der Waals surface area (Å²) in [5, 5.41) is 0.790. The minimum absolute atomic E-state index is 0.790. The summed E-state index contributed by atoms with van der Waals surface area (Å²) in [6.45, 7) is 3.90. The maximum Gasteiger partial charge on any atom is 0.129 e. The van der Waals surface area contributed by atoms with Gasteiger partial charge < -0.3 is 9.80 Å². The van der Waals surface area contributed by atoms with Gasteiger partial charge in [0, 0.05) is 36.9 Å². The van der Waals surface area contributed by atoms with Gasteiger partial charge in [-0.15, -0.1) is 0 Å². The van der Waals surface area contributed by atoms with Crippen LogP contribution in [0.25, 0.3) is 0 Å². The third-order valence-corrected chi connectivity index (χ3v) is 4.15. The van der Waals surface area contributed by atoms with Crippen molar-refractivity contribution >= 4 is 39.0 Å². The van der Waals surface area contributed by atoms with Crippen LogP contribution in [0.1, 0.15) is 0 Å². The minimum Gasteiger partial charge on any atom is -0.368 e. The van der Waals surface area contributed by atoms with E-state index in [1.54, 1.807) is 0 Å². The summed E-state index contributed by atoms with van der Waals surface area (Å²) in [7, 11) is 0. The van der Waals surface area contributed by atoms with Crippen molar-refractivity contribution in [2.45, 2.75) is 0 Å². The zero-order valence-corrected chi connectivity index (χ0v) is 13.3. The fourth-order valence-corrected chi connectivity index (χ4v) is 2.96. The molecule has 1 aromatic carbocycles. The summed E-state index contributed by atoms with van der Waals surface area (Å²) in [5.41, 5.74) is 1.19. The maximum atomic E-state index is 6.05. The van der Waals surface area contributed by atoms with E-state index >= 15 is 0 Å². The van der Waals surface area contributed by atoms with Crippen molar-refractivity contribution in [1.29, 1.82) is 0 Å². The molecule has 5 heteroatoms.